The summed E-state index contributed by atoms with van der Waals surface area (Å²) in [6.07, 6.45) is 18.1. The molecule has 22 heteroatoms. The average Bonchev–Trinajstić information content (AvgIpc) is 3.48. The number of amides is 6. The number of rotatable bonds is 19. The van der Waals surface area contributed by atoms with Crippen LogP contribution in [0.5, 0.6) is 0 Å². The van der Waals surface area contributed by atoms with Crippen LogP contribution in [0.2, 0.25) is 0 Å². The molecule has 86 heavy (non-hydrogen) atoms. The van der Waals surface area contributed by atoms with Crippen molar-refractivity contribution >= 4 is 93.3 Å². The molecular formula is C64H67N15O7. The monoisotopic (exact) mass is 1160 g/mol. The molecule has 6 aromatic rings. The van der Waals surface area contributed by atoms with Crippen LogP contribution < -0.4 is 54.4 Å². The third-order valence-electron chi connectivity index (χ3n) is 10.7. The average molecular weight is 1160 g/mol. The second kappa shape index (κ2) is 35.7. The van der Waals surface area contributed by atoms with Gasteiger partial charge in [0.05, 0.1) is 0 Å². The first kappa shape index (κ1) is 68.3. The van der Waals surface area contributed by atoms with E-state index in [1.54, 1.807) is 132 Å². The second-order valence-electron chi connectivity index (χ2n) is 18.6. The van der Waals surface area contributed by atoms with Gasteiger partial charge in [-0.05, 0) is 180 Å². The fourth-order valence-electron chi connectivity index (χ4n) is 6.47. The van der Waals surface area contributed by atoms with Gasteiger partial charge in [0, 0.05) is 77.8 Å². The minimum atomic E-state index is -0.814. The number of likely N-dealkylation sites (N-methyl/N-ethyl adjacent to an activating group) is 1. The van der Waals surface area contributed by atoms with Crippen molar-refractivity contribution in [2.45, 2.75) is 73.0 Å². The fourth-order valence-corrected chi connectivity index (χ4v) is 6.47. The van der Waals surface area contributed by atoms with Gasteiger partial charge >= 0.3 is 6.09 Å². The maximum absolute atomic E-state index is 13.2. The Labute approximate surface area is 501 Å². The molecular weight excluding hydrogens is 1090 g/mol. The lowest BCUT2D eigenvalue weighted by Gasteiger charge is -2.28. The highest BCUT2D eigenvalue weighted by molar-refractivity contribution is 6.08. The van der Waals surface area contributed by atoms with E-state index in [9.17, 15) is 28.8 Å². The van der Waals surface area contributed by atoms with E-state index in [1.165, 1.54) is 24.3 Å². The van der Waals surface area contributed by atoms with Crippen LogP contribution in [0.4, 0.5) is 62.5 Å². The third kappa shape index (κ3) is 24.4. The predicted molar refractivity (Wildman–Crippen MR) is 339 cm³/mol. The summed E-state index contributed by atoms with van der Waals surface area (Å²) in [7, 11) is 1.49. The van der Waals surface area contributed by atoms with Crippen molar-refractivity contribution in [2.24, 2.45) is 11.5 Å². The summed E-state index contributed by atoms with van der Waals surface area (Å²) in [5.41, 5.74) is 20.2. The molecule has 0 spiro atoms. The van der Waals surface area contributed by atoms with Gasteiger partial charge in [-0.25, -0.2) is 14.8 Å². The Morgan fingerprint density at radius 3 is 1.42 bits per heavy atom. The number of hydrogen-bond acceptors (Lipinski definition) is 16. The van der Waals surface area contributed by atoms with Crippen LogP contribution in [-0.2, 0) is 9.53 Å². The number of terminal acetylenes is 3. The van der Waals surface area contributed by atoms with Crippen LogP contribution in [0.25, 0.3) is 0 Å². The van der Waals surface area contributed by atoms with Gasteiger partial charge in [-0.1, -0.05) is 31.9 Å². The third-order valence-corrected chi connectivity index (χ3v) is 10.7. The molecule has 0 fully saturated rings. The van der Waals surface area contributed by atoms with Crippen molar-refractivity contribution in [1.82, 2.24) is 24.8 Å². The number of nitrogens with one attached hydrogen (secondary N) is 7. The molecule has 6 amide bonds. The number of benzene rings is 4. The smallest absolute Gasteiger partial charge is 0.410 e. The fraction of sp³-hybridized carbons (Fsp3) is 0.219. The lowest BCUT2D eigenvalue weighted by Crippen LogP contribution is -2.45. The minimum Gasteiger partial charge on any atom is -0.444 e. The molecule has 1 atom stereocenters. The number of anilines is 10. The summed E-state index contributed by atoms with van der Waals surface area (Å²) in [5.74, 6) is 19.6. The maximum atomic E-state index is 13.2. The molecule has 2 aromatic heterocycles. The molecule has 2 heterocycles. The number of carbonyl (C=O) groups is 6. The van der Waals surface area contributed by atoms with Gasteiger partial charge in [0.25, 0.3) is 11.8 Å². The summed E-state index contributed by atoms with van der Waals surface area (Å²) in [4.78, 5) is 92.3. The number of ether oxygens (including phenoxy) is 1. The number of hydrogen-bond donors (Lipinski definition) is 10. The Hall–Kier alpha value is -12.0. The molecule has 0 saturated heterocycles. The van der Waals surface area contributed by atoms with Gasteiger partial charge < -0.3 is 59.2 Å². The zero-order chi connectivity index (χ0) is 63.6. The Bertz CT molecular complexity index is 3660. The lowest BCUT2D eigenvalue weighted by atomic mass is 10.2. The molecule has 0 saturated carbocycles. The molecule has 4 aromatic carbocycles. The zero-order valence-corrected chi connectivity index (χ0v) is 48.9. The van der Waals surface area contributed by atoms with Crippen molar-refractivity contribution in [2.75, 3.05) is 63.1 Å². The number of aromatic nitrogens is 4. The number of nitrogens with zero attached hydrogens (tertiary/aromatic N) is 5. The van der Waals surface area contributed by atoms with Gasteiger partial charge in [-0.2, -0.15) is 9.97 Å². The van der Waals surface area contributed by atoms with Crippen molar-refractivity contribution in [3.63, 3.8) is 0 Å². The summed E-state index contributed by atoms with van der Waals surface area (Å²) >= 11 is 0. The van der Waals surface area contributed by atoms with Crippen molar-refractivity contribution < 1.29 is 33.5 Å². The molecule has 13 N–H and O–H groups in total. The van der Waals surface area contributed by atoms with Crippen molar-refractivity contribution in [3.05, 3.63) is 132 Å². The van der Waals surface area contributed by atoms with E-state index in [0.29, 0.717) is 81.5 Å². The van der Waals surface area contributed by atoms with Crippen LogP contribution in [0.1, 0.15) is 103 Å². The van der Waals surface area contributed by atoms with Gasteiger partial charge in [0.1, 0.15) is 34.4 Å². The van der Waals surface area contributed by atoms with Crippen molar-refractivity contribution in [1.29, 1.82) is 0 Å². The second-order valence-corrected chi connectivity index (χ2v) is 18.6. The SMILES string of the molecule is C#CC#CC#C.C#CC#CC#CC.CCCNc1nc(Nc2ccc(C(N)=O)cc2)ncc1C(=O)Nc1cccc(N)c1.CCCNc1nc(Nc2ccc(C(N)=O)cc2)ncc1C(=O)Nc1cccc(NC(=O)[C@H](C)N(C)C(=O)OC(C)(C)C)c1. The highest BCUT2D eigenvalue weighted by Gasteiger charge is 2.27. The van der Waals surface area contributed by atoms with Crippen LogP contribution >= 0.6 is 0 Å². The number of primary amides is 2. The van der Waals surface area contributed by atoms with E-state index in [4.69, 9.17) is 41.2 Å². The van der Waals surface area contributed by atoms with Crippen LogP contribution in [0.3, 0.4) is 0 Å². The molecule has 0 aliphatic rings. The van der Waals surface area contributed by atoms with Crippen LogP contribution in [0, 0.1) is 72.6 Å². The number of nitrogens with two attached hydrogens (primary N) is 3. The van der Waals surface area contributed by atoms with E-state index < -0.39 is 41.4 Å². The standard InChI is InChI=1S/C30H38N8O5.C21H23N7O2.C7H4.C6H2/c1-7-15-32-25-23(17-33-28(37-25)36-20-13-11-19(12-14-20)24(31)39)27(41)35-22-10-8-9-21(16-22)34-26(40)18(2)38(6)29(42)43-30(3,4)5;1-2-10-24-19-17(20(30)26-16-5-3-4-14(22)11-16)12-25-21(28-19)27-15-8-6-13(7-9-15)18(23)29;1-3-5-7-6-4-2;1-3-5-6-4-2/h8-14,16-18H,7,15H2,1-6H3,(H2,31,39)(H,34,40)(H,35,41)(H2,32,33,36,37);3-9,11-12H,2,10,22H2,1H3,(H2,23,29)(H,26,30)(H2,24,25,27,28);1H,2H3;1-2H/t18-;;;/m0.../s1. The van der Waals surface area contributed by atoms with Crippen LogP contribution in [-0.4, -0.2) is 92.2 Å². The van der Waals surface area contributed by atoms with E-state index in [0.717, 1.165) is 12.8 Å². The van der Waals surface area contributed by atoms with E-state index >= 15 is 0 Å². The molecule has 6 rings (SSSR count). The Morgan fingerprint density at radius 2 is 1.02 bits per heavy atom. The molecule has 0 aliphatic heterocycles. The molecule has 440 valence electrons. The zero-order valence-electron chi connectivity index (χ0n) is 48.9. The largest absolute Gasteiger partial charge is 0.444 e. The first-order valence-electron chi connectivity index (χ1n) is 26.3. The first-order chi connectivity index (χ1) is 41.1. The van der Waals surface area contributed by atoms with Crippen LogP contribution in [0.15, 0.2) is 109 Å². The Balaban J connectivity index is 0.000000386. The maximum Gasteiger partial charge on any atom is 0.410 e. The van der Waals surface area contributed by atoms with Gasteiger partial charge in [0.15, 0.2) is 0 Å². The molecule has 0 bridgehead atoms. The quantitative estimate of drug-likeness (QED) is 0.0268. The topological polar surface area (TPSA) is 329 Å². The summed E-state index contributed by atoms with van der Waals surface area (Å²) in [6, 6.07) is 25.8. The minimum absolute atomic E-state index is 0.213. The number of nitrogen functional groups attached to an aromatic ring is 1. The normalized spacial score (nSPS) is 9.87. The summed E-state index contributed by atoms with van der Waals surface area (Å²) in [6.45, 7) is 13.8. The summed E-state index contributed by atoms with van der Waals surface area (Å²) < 4.78 is 5.33. The summed E-state index contributed by atoms with van der Waals surface area (Å²) in [5, 5.41) is 20.8. The van der Waals surface area contributed by atoms with E-state index in [1.807, 2.05) is 13.8 Å². The highest BCUT2D eigenvalue weighted by atomic mass is 16.6. The van der Waals surface area contributed by atoms with Gasteiger partial charge in [-0.3, -0.25) is 28.9 Å². The van der Waals surface area contributed by atoms with Crippen molar-refractivity contribution in [3.8, 4) is 72.6 Å². The molecule has 0 unspecified atom stereocenters. The number of carbonyl (C=O) groups excluding carboxylic acids is 6. The highest BCUT2D eigenvalue weighted by Crippen LogP contribution is 2.24. The predicted octanol–water partition coefficient (Wildman–Crippen LogP) is 8.47. The Morgan fingerprint density at radius 1 is 0.605 bits per heavy atom. The lowest BCUT2D eigenvalue weighted by molar-refractivity contribution is -0.120. The van der Waals surface area contributed by atoms with Gasteiger partial charge in [-0.15, -0.1) is 19.3 Å². The van der Waals surface area contributed by atoms with Gasteiger partial charge in [0.2, 0.25) is 29.6 Å². The molecule has 0 aliphatic carbocycles. The molecule has 22 nitrogen and oxygen atoms in total. The first-order valence-corrected chi connectivity index (χ1v) is 26.3. The van der Waals surface area contributed by atoms with E-state index in [-0.39, 0.29) is 17.4 Å². The van der Waals surface area contributed by atoms with E-state index in [2.05, 4.69) is 110 Å². The Kier molecular flexibility index (Phi) is 28.3. The molecule has 0 radical (unpaired) electrons.